The van der Waals surface area contributed by atoms with Gasteiger partial charge in [-0.05, 0) is 43.3 Å². The Morgan fingerprint density at radius 1 is 0.867 bits per heavy atom. The van der Waals surface area contributed by atoms with Crippen molar-refractivity contribution in [3.63, 3.8) is 0 Å². The third-order valence-corrected chi connectivity index (χ3v) is 5.77. The zero-order valence-electron chi connectivity index (χ0n) is 16.8. The van der Waals surface area contributed by atoms with Crippen LogP contribution in [0, 0.1) is 6.92 Å². The number of ether oxygens (including phenoxy) is 2. The summed E-state index contributed by atoms with van der Waals surface area (Å²) in [5, 5.41) is 2.75. The lowest BCUT2D eigenvalue weighted by Crippen LogP contribution is -2.18. The van der Waals surface area contributed by atoms with Crippen molar-refractivity contribution in [2.24, 2.45) is 0 Å². The Balaban J connectivity index is 1.86. The van der Waals surface area contributed by atoms with Crippen LogP contribution in [0.25, 0.3) is 0 Å². The molecule has 0 radical (unpaired) electrons. The van der Waals surface area contributed by atoms with Crippen LogP contribution in [0.2, 0.25) is 0 Å². The average molecular weight is 426 g/mol. The quantitative estimate of drug-likeness (QED) is 0.594. The molecule has 156 valence electrons. The first-order chi connectivity index (χ1) is 14.3. The molecule has 7 nitrogen and oxygen atoms in total. The molecule has 0 aliphatic carbocycles. The Morgan fingerprint density at radius 3 is 2.20 bits per heavy atom. The maximum Gasteiger partial charge on any atom is 0.261 e. The summed E-state index contributed by atoms with van der Waals surface area (Å²) in [6.07, 6.45) is 0. The molecule has 0 aliphatic rings. The summed E-state index contributed by atoms with van der Waals surface area (Å²) < 4.78 is 38.4. The van der Waals surface area contributed by atoms with Crippen LogP contribution in [0.1, 0.15) is 15.9 Å². The SMILES string of the molecule is COc1ccc(NC(=O)c2ccccc2NS(=O)(=O)c2ccc(C)cc2)cc1OC. The van der Waals surface area contributed by atoms with Crippen molar-refractivity contribution >= 4 is 27.3 Å². The molecular weight excluding hydrogens is 404 g/mol. The molecule has 0 saturated carbocycles. The summed E-state index contributed by atoms with van der Waals surface area (Å²) >= 11 is 0. The molecule has 0 aliphatic heterocycles. The van der Waals surface area contributed by atoms with Crippen LogP contribution in [-0.2, 0) is 10.0 Å². The Bertz CT molecular complexity index is 1160. The minimum atomic E-state index is -3.85. The van der Waals surface area contributed by atoms with E-state index in [0.717, 1.165) is 5.56 Å². The van der Waals surface area contributed by atoms with E-state index in [1.54, 1.807) is 48.5 Å². The van der Waals surface area contributed by atoms with Crippen LogP contribution in [0.3, 0.4) is 0 Å². The van der Waals surface area contributed by atoms with Gasteiger partial charge in [0.25, 0.3) is 15.9 Å². The van der Waals surface area contributed by atoms with E-state index < -0.39 is 15.9 Å². The molecule has 8 heteroatoms. The van der Waals surface area contributed by atoms with E-state index in [1.807, 2.05) is 6.92 Å². The second kappa shape index (κ2) is 8.87. The monoisotopic (exact) mass is 426 g/mol. The summed E-state index contributed by atoms with van der Waals surface area (Å²) in [6.45, 7) is 1.87. The van der Waals surface area contributed by atoms with Crippen LogP contribution in [-0.4, -0.2) is 28.5 Å². The highest BCUT2D eigenvalue weighted by Gasteiger charge is 2.19. The lowest BCUT2D eigenvalue weighted by molar-refractivity contribution is 0.102. The molecule has 0 atom stereocenters. The van der Waals surface area contributed by atoms with E-state index in [1.165, 1.54) is 32.4 Å². The number of sulfonamides is 1. The first-order valence-electron chi connectivity index (χ1n) is 9.06. The summed E-state index contributed by atoms with van der Waals surface area (Å²) in [5.74, 6) is 0.523. The van der Waals surface area contributed by atoms with E-state index in [9.17, 15) is 13.2 Å². The molecule has 3 aromatic rings. The third-order valence-electron chi connectivity index (χ3n) is 4.39. The van der Waals surface area contributed by atoms with E-state index in [0.29, 0.717) is 17.2 Å². The second-order valence-corrected chi connectivity index (χ2v) is 8.17. The van der Waals surface area contributed by atoms with Crippen LogP contribution >= 0.6 is 0 Å². The summed E-state index contributed by atoms with van der Waals surface area (Å²) in [4.78, 5) is 13.0. The maximum atomic E-state index is 12.8. The molecule has 3 aromatic carbocycles. The molecule has 30 heavy (non-hydrogen) atoms. The fourth-order valence-corrected chi connectivity index (χ4v) is 3.88. The zero-order chi connectivity index (χ0) is 21.7. The van der Waals surface area contributed by atoms with Crippen molar-refractivity contribution in [3.8, 4) is 11.5 Å². The van der Waals surface area contributed by atoms with Crippen LogP contribution < -0.4 is 19.5 Å². The highest BCUT2D eigenvalue weighted by Crippen LogP contribution is 2.30. The fourth-order valence-electron chi connectivity index (χ4n) is 2.80. The predicted molar refractivity (Wildman–Crippen MR) is 116 cm³/mol. The number of benzene rings is 3. The molecule has 0 spiro atoms. The molecule has 0 bridgehead atoms. The van der Waals surface area contributed by atoms with Gasteiger partial charge in [-0.3, -0.25) is 9.52 Å². The number of carbonyl (C=O) groups excluding carboxylic acids is 1. The van der Waals surface area contributed by atoms with Crippen molar-refractivity contribution in [3.05, 3.63) is 77.9 Å². The Labute approximate surface area is 175 Å². The van der Waals surface area contributed by atoms with Crippen molar-refractivity contribution in [1.82, 2.24) is 0 Å². The topological polar surface area (TPSA) is 93.7 Å². The van der Waals surface area contributed by atoms with Crippen molar-refractivity contribution in [2.75, 3.05) is 24.3 Å². The summed E-state index contributed by atoms with van der Waals surface area (Å²) in [5.41, 5.74) is 1.79. The number of aryl methyl sites for hydroxylation is 1. The number of methoxy groups -OCH3 is 2. The lowest BCUT2D eigenvalue weighted by atomic mass is 10.1. The zero-order valence-corrected chi connectivity index (χ0v) is 17.6. The Kier molecular flexibility index (Phi) is 6.27. The van der Waals surface area contributed by atoms with Gasteiger partial charge in [0.2, 0.25) is 0 Å². The van der Waals surface area contributed by atoms with Gasteiger partial charge in [0.05, 0.1) is 30.4 Å². The molecular formula is C22H22N2O5S. The molecule has 0 unspecified atom stereocenters. The van der Waals surface area contributed by atoms with Crippen molar-refractivity contribution in [1.29, 1.82) is 0 Å². The number of carbonyl (C=O) groups is 1. The van der Waals surface area contributed by atoms with E-state index in [-0.39, 0.29) is 16.1 Å². The summed E-state index contributed by atoms with van der Waals surface area (Å²) in [7, 11) is -0.826. The number of amides is 1. The first-order valence-corrected chi connectivity index (χ1v) is 10.5. The van der Waals surface area contributed by atoms with Gasteiger partial charge in [0.15, 0.2) is 11.5 Å². The number of para-hydroxylation sites is 1. The highest BCUT2D eigenvalue weighted by molar-refractivity contribution is 7.92. The Morgan fingerprint density at radius 2 is 1.53 bits per heavy atom. The van der Waals surface area contributed by atoms with Gasteiger partial charge in [0.1, 0.15) is 0 Å². The number of nitrogens with one attached hydrogen (secondary N) is 2. The molecule has 1 amide bonds. The first kappa shape index (κ1) is 21.2. The van der Waals surface area contributed by atoms with Crippen molar-refractivity contribution in [2.45, 2.75) is 11.8 Å². The van der Waals surface area contributed by atoms with Crippen LogP contribution in [0.5, 0.6) is 11.5 Å². The highest BCUT2D eigenvalue weighted by atomic mass is 32.2. The van der Waals surface area contributed by atoms with Gasteiger partial charge in [-0.1, -0.05) is 29.8 Å². The van der Waals surface area contributed by atoms with Gasteiger partial charge < -0.3 is 14.8 Å². The Hall–Kier alpha value is -3.52. The van der Waals surface area contributed by atoms with Gasteiger partial charge >= 0.3 is 0 Å². The molecule has 3 rings (SSSR count). The van der Waals surface area contributed by atoms with Gasteiger partial charge in [-0.25, -0.2) is 8.42 Å². The molecule has 2 N–H and O–H groups in total. The van der Waals surface area contributed by atoms with E-state index in [2.05, 4.69) is 10.0 Å². The number of anilines is 2. The minimum absolute atomic E-state index is 0.114. The average Bonchev–Trinajstić information content (AvgIpc) is 2.74. The van der Waals surface area contributed by atoms with Crippen LogP contribution in [0.4, 0.5) is 11.4 Å². The number of rotatable bonds is 7. The molecule has 0 saturated heterocycles. The standard InChI is InChI=1S/C22H22N2O5S/c1-15-8-11-17(12-9-15)30(26,27)24-19-7-5-4-6-18(19)22(25)23-16-10-13-20(28-2)21(14-16)29-3/h4-14,24H,1-3H3,(H,23,25). The third kappa shape index (κ3) is 4.72. The molecule has 0 heterocycles. The maximum absolute atomic E-state index is 12.8. The lowest BCUT2D eigenvalue weighted by Gasteiger charge is -2.14. The van der Waals surface area contributed by atoms with Gasteiger partial charge in [-0.2, -0.15) is 0 Å². The summed E-state index contributed by atoms with van der Waals surface area (Å²) in [6, 6.07) is 17.8. The van der Waals surface area contributed by atoms with Gasteiger partial charge in [-0.15, -0.1) is 0 Å². The number of hydrogen-bond donors (Lipinski definition) is 2. The van der Waals surface area contributed by atoms with Gasteiger partial charge in [0, 0.05) is 11.8 Å². The number of hydrogen-bond acceptors (Lipinski definition) is 5. The normalized spacial score (nSPS) is 10.9. The molecule has 0 aromatic heterocycles. The predicted octanol–water partition coefficient (Wildman–Crippen LogP) is 4.07. The smallest absolute Gasteiger partial charge is 0.261 e. The van der Waals surface area contributed by atoms with E-state index >= 15 is 0 Å². The largest absolute Gasteiger partial charge is 0.493 e. The van der Waals surface area contributed by atoms with Crippen LogP contribution in [0.15, 0.2) is 71.6 Å². The second-order valence-electron chi connectivity index (χ2n) is 6.49. The van der Waals surface area contributed by atoms with E-state index in [4.69, 9.17) is 9.47 Å². The minimum Gasteiger partial charge on any atom is -0.493 e. The molecule has 0 fully saturated rings. The fraction of sp³-hybridized carbons (Fsp3) is 0.136. The van der Waals surface area contributed by atoms with Crippen molar-refractivity contribution < 1.29 is 22.7 Å².